The van der Waals surface area contributed by atoms with E-state index in [2.05, 4.69) is 6.58 Å². The first-order valence-electron chi connectivity index (χ1n) is 5.10. The molecule has 0 aromatic rings. The van der Waals surface area contributed by atoms with E-state index >= 15 is 0 Å². The maximum Gasteiger partial charge on any atom is 0.338 e. The van der Waals surface area contributed by atoms with Crippen molar-refractivity contribution in [3.63, 3.8) is 0 Å². The van der Waals surface area contributed by atoms with Gasteiger partial charge in [-0.25, -0.2) is 4.79 Å². The first-order valence-corrected chi connectivity index (χ1v) is 5.10. The fraction of sp³-hybridized carbons (Fsp3) is 0.308. The Balaban J connectivity index is 2.69. The highest BCUT2D eigenvalue weighted by Gasteiger charge is 2.13. The van der Waals surface area contributed by atoms with Crippen molar-refractivity contribution >= 4 is 5.97 Å². The standard InChI is InChI=1S/C13H16O2/c1-4-10(2)13(14)15-12-9-7-5-6-8-11(12)3/h5-9,11H,2,4H2,1,3H3. The van der Waals surface area contributed by atoms with Crippen molar-refractivity contribution in [3.8, 4) is 0 Å². The summed E-state index contributed by atoms with van der Waals surface area (Å²) in [4.78, 5) is 11.5. The molecule has 0 aromatic heterocycles. The number of allylic oxidation sites excluding steroid dienone is 5. The van der Waals surface area contributed by atoms with Gasteiger partial charge in [0.1, 0.15) is 5.76 Å². The van der Waals surface area contributed by atoms with Crippen molar-refractivity contribution in [3.05, 3.63) is 48.3 Å². The number of hydrogen-bond acceptors (Lipinski definition) is 2. The maximum absolute atomic E-state index is 11.5. The van der Waals surface area contributed by atoms with Gasteiger partial charge in [0.05, 0.1) is 0 Å². The van der Waals surface area contributed by atoms with Crippen LogP contribution in [0.3, 0.4) is 0 Å². The summed E-state index contributed by atoms with van der Waals surface area (Å²) >= 11 is 0. The molecular formula is C13H16O2. The summed E-state index contributed by atoms with van der Waals surface area (Å²) in [5.41, 5.74) is 0.500. The van der Waals surface area contributed by atoms with E-state index in [0.717, 1.165) is 0 Å². The van der Waals surface area contributed by atoms with Gasteiger partial charge in [0.15, 0.2) is 0 Å². The monoisotopic (exact) mass is 204 g/mol. The van der Waals surface area contributed by atoms with E-state index in [1.165, 1.54) is 0 Å². The van der Waals surface area contributed by atoms with Gasteiger partial charge < -0.3 is 4.74 Å². The third-order valence-corrected chi connectivity index (χ3v) is 2.26. The van der Waals surface area contributed by atoms with Crippen LogP contribution in [-0.4, -0.2) is 5.97 Å². The van der Waals surface area contributed by atoms with Gasteiger partial charge in [-0.05, 0) is 12.5 Å². The predicted molar refractivity (Wildman–Crippen MR) is 61.1 cm³/mol. The molecule has 0 aromatic carbocycles. The molecule has 0 spiro atoms. The molecule has 1 rings (SSSR count). The lowest BCUT2D eigenvalue weighted by molar-refractivity contribution is -0.135. The minimum atomic E-state index is -0.334. The third-order valence-electron chi connectivity index (χ3n) is 2.26. The van der Waals surface area contributed by atoms with Crippen molar-refractivity contribution in [1.29, 1.82) is 0 Å². The fourth-order valence-electron chi connectivity index (χ4n) is 1.14. The van der Waals surface area contributed by atoms with Gasteiger partial charge in [-0.3, -0.25) is 0 Å². The van der Waals surface area contributed by atoms with Gasteiger partial charge in [-0.1, -0.05) is 44.7 Å². The minimum Gasteiger partial charge on any atom is -0.427 e. The molecule has 0 fully saturated rings. The molecule has 0 radical (unpaired) electrons. The molecule has 1 aliphatic rings. The molecule has 80 valence electrons. The van der Waals surface area contributed by atoms with Gasteiger partial charge in [0.25, 0.3) is 0 Å². The third kappa shape index (κ3) is 3.24. The van der Waals surface area contributed by atoms with Crippen molar-refractivity contribution < 1.29 is 9.53 Å². The topological polar surface area (TPSA) is 26.3 Å². The highest BCUT2D eigenvalue weighted by molar-refractivity contribution is 5.88. The molecule has 0 saturated carbocycles. The van der Waals surface area contributed by atoms with E-state index in [9.17, 15) is 4.79 Å². The normalized spacial score (nSPS) is 19.3. The zero-order chi connectivity index (χ0) is 11.3. The maximum atomic E-state index is 11.5. The van der Waals surface area contributed by atoms with Gasteiger partial charge in [0, 0.05) is 11.5 Å². The first-order chi connectivity index (χ1) is 7.15. The highest BCUT2D eigenvalue weighted by atomic mass is 16.5. The summed E-state index contributed by atoms with van der Waals surface area (Å²) in [5, 5.41) is 0. The van der Waals surface area contributed by atoms with Crippen molar-refractivity contribution in [2.45, 2.75) is 20.3 Å². The lowest BCUT2D eigenvalue weighted by Gasteiger charge is -2.12. The smallest absolute Gasteiger partial charge is 0.338 e. The SMILES string of the molecule is C=C(CC)C(=O)OC1=CC=CC=CC1C. The Morgan fingerprint density at radius 2 is 2.20 bits per heavy atom. The second kappa shape index (κ2) is 5.35. The number of carbonyl (C=O) groups excluding carboxylic acids is 1. The van der Waals surface area contributed by atoms with Crippen LogP contribution < -0.4 is 0 Å². The molecule has 2 nitrogen and oxygen atoms in total. The van der Waals surface area contributed by atoms with Crippen LogP contribution >= 0.6 is 0 Å². The Kier molecular flexibility index (Phi) is 4.10. The molecule has 0 bridgehead atoms. The van der Waals surface area contributed by atoms with E-state index in [1.807, 2.05) is 44.2 Å². The number of esters is 1. The molecule has 1 aliphatic carbocycles. The van der Waals surface area contributed by atoms with Crippen LogP contribution in [0.1, 0.15) is 20.3 Å². The van der Waals surface area contributed by atoms with E-state index in [1.54, 1.807) is 0 Å². The van der Waals surface area contributed by atoms with Crippen molar-refractivity contribution in [2.24, 2.45) is 5.92 Å². The number of rotatable bonds is 3. The van der Waals surface area contributed by atoms with Crippen molar-refractivity contribution in [2.75, 3.05) is 0 Å². The van der Waals surface area contributed by atoms with E-state index in [4.69, 9.17) is 4.74 Å². The molecule has 1 atom stereocenters. The molecule has 0 saturated heterocycles. The zero-order valence-corrected chi connectivity index (χ0v) is 9.19. The number of carbonyl (C=O) groups is 1. The van der Waals surface area contributed by atoms with Crippen LogP contribution in [0.2, 0.25) is 0 Å². The van der Waals surface area contributed by atoms with Crippen LogP contribution in [0, 0.1) is 5.92 Å². The van der Waals surface area contributed by atoms with Gasteiger partial charge in [-0.2, -0.15) is 0 Å². The Hall–Kier alpha value is -1.57. The Morgan fingerprint density at radius 1 is 1.47 bits per heavy atom. The predicted octanol–water partition coefficient (Wildman–Crippen LogP) is 3.14. The Bertz CT molecular complexity index is 346. The average molecular weight is 204 g/mol. The van der Waals surface area contributed by atoms with Crippen LogP contribution in [0.4, 0.5) is 0 Å². The fourth-order valence-corrected chi connectivity index (χ4v) is 1.14. The van der Waals surface area contributed by atoms with E-state index in [-0.39, 0.29) is 11.9 Å². The van der Waals surface area contributed by atoms with Crippen molar-refractivity contribution in [1.82, 2.24) is 0 Å². The first kappa shape index (κ1) is 11.5. The Labute approximate surface area is 90.6 Å². The lowest BCUT2D eigenvalue weighted by atomic mass is 10.1. The molecule has 0 N–H and O–H groups in total. The molecule has 0 amide bonds. The van der Waals surface area contributed by atoms with Crippen LogP contribution in [0.25, 0.3) is 0 Å². The van der Waals surface area contributed by atoms with E-state index in [0.29, 0.717) is 17.8 Å². The van der Waals surface area contributed by atoms with E-state index < -0.39 is 0 Å². The summed E-state index contributed by atoms with van der Waals surface area (Å²) in [6.45, 7) is 7.52. The molecule has 0 heterocycles. The largest absolute Gasteiger partial charge is 0.427 e. The summed E-state index contributed by atoms with van der Waals surface area (Å²) in [6, 6.07) is 0. The molecule has 15 heavy (non-hydrogen) atoms. The van der Waals surface area contributed by atoms with Crippen LogP contribution in [0.5, 0.6) is 0 Å². The highest BCUT2D eigenvalue weighted by Crippen LogP contribution is 2.18. The van der Waals surface area contributed by atoms with Gasteiger partial charge in [-0.15, -0.1) is 0 Å². The van der Waals surface area contributed by atoms with Gasteiger partial charge >= 0.3 is 5.97 Å². The number of hydrogen-bond donors (Lipinski definition) is 0. The molecule has 0 aliphatic heterocycles. The number of ether oxygens (including phenoxy) is 1. The second-order valence-electron chi connectivity index (χ2n) is 3.47. The summed E-state index contributed by atoms with van der Waals surface area (Å²) in [6.07, 6.45) is 10.1. The Morgan fingerprint density at radius 3 is 2.87 bits per heavy atom. The molecule has 2 heteroatoms. The van der Waals surface area contributed by atoms with Crippen LogP contribution in [0.15, 0.2) is 48.3 Å². The molecular weight excluding hydrogens is 188 g/mol. The zero-order valence-electron chi connectivity index (χ0n) is 9.19. The van der Waals surface area contributed by atoms with Gasteiger partial charge in [0.2, 0.25) is 0 Å². The quantitative estimate of drug-likeness (QED) is 0.521. The summed E-state index contributed by atoms with van der Waals surface area (Å²) in [7, 11) is 0. The minimum absolute atomic E-state index is 0.119. The summed E-state index contributed by atoms with van der Waals surface area (Å²) in [5.74, 6) is 0.451. The summed E-state index contributed by atoms with van der Waals surface area (Å²) < 4.78 is 5.26. The average Bonchev–Trinajstić information content (AvgIpc) is 2.43. The molecule has 1 unspecified atom stereocenters. The van der Waals surface area contributed by atoms with Crippen LogP contribution in [-0.2, 0) is 9.53 Å². The second-order valence-corrected chi connectivity index (χ2v) is 3.47. The lowest BCUT2D eigenvalue weighted by Crippen LogP contribution is -2.10.